The number of hydrogen-bond donors (Lipinski definition) is 2. The van der Waals surface area contributed by atoms with Crippen LogP contribution in [-0.2, 0) is 16.0 Å². The van der Waals surface area contributed by atoms with Crippen LogP contribution in [0.15, 0.2) is 21.9 Å². The van der Waals surface area contributed by atoms with Crippen molar-refractivity contribution in [2.75, 3.05) is 6.54 Å². The fourth-order valence-corrected chi connectivity index (χ4v) is 4.20. The summed E-state index contributed by atoms with van der Waals surface area (Å²) in [5.41, 5.74) is -0.0825. The van der Waals surface area contributed by atoms with E-state index in [-0.39, 0.29) is 18.2 Å². The van der Waals surface area contributed by atoms with Gasteiger partial charge in [0.2, 0.25) is 11.8 Å². The van der Waals surface area contributed by atoms with Crippen molar-refractivity contribution in [2.24, 2.45) is 0 Å². The minimum absolute atomic E-state index is 0.0712. The van der Waals surface area contributed by atoms with Crippen molar-refractivity contribution >= 4 is 23.2 Å². The number of likely N-dealkylation sites (N-methyl/N-ethyl adjacent to an activating group) is 1. The van der Waals surface area contributed by atoms with Crippen LogP contribution < -0.4 is 10.6 Å². The molecule has 1 aliphatic rings. The molecular formula is C19H25N3O3S. The van der Waals surface area contributed by atoms with Crippen LogP contribution in [0.4, 0.5) is 0 Å². The Labute approximate surface area is 157 Å². The zero-order valence-corrected chi connectivity index (χ0v) is 16.1. The van der Waals surface area contributed by atoms with Crippen molar-refractivity contribution in [2.45, 2.75) is 57.9 Å². The summed E-state index contributed by atoms with van der Waals surface area (Å²) in [5, 5.41) is 8.51. The standard InChI is InChI=1S/C19H25N3O3S/c1-3-20-18(24)19(9-5-4-6-10-19)22-16(23)11-14-12-26-17(21-14)15-8-7-13(2)25-15/h7-8,12H,3-6,9-11H2,1-2H3,(H,20,24)(H,22,23). The van der Waals surface area contributed by atoms with Crippen molar-refractivity contribution < 1.29 is 14.0 Å². The summed E-state index contributed by atoms with van der Waals surface area (Å²) in [7, 11) is 0. The molecule has 1 fully saturated rings. The van der Waals surface area contributed by atoms with Gasteiger partial charge in [-0.15, -0.1) is 11.3 Å². The maximum atomic E-state index is 12.6. The molecule has 2 heterocycles. The molecule has 0 bridgehead atoms. The summed E-state index contributed by atoms with van der Waals surface area (Å²) >= 11 is 1.45. The van der Waals surface area contributed by atoms with Gasteiger partial charge in [-0.2, -0.15) is 0 Å². The van der Waals surface area contributed by atoms with E-state index in [0.717, 1.165) is 30.0 Å². The number of aromatic nitrogens is 1. The first-order valence-electron chi connectivity index (χ1n) is 9.13. The lowest BCUT2D eigenvalue weighted by molar-refractivity contribution is -0.134. The van der Waals surface area contributed by atoms with Crippen molar-refractivity contribution in [3.05, 3.63) is 29.0 Å². The molecule has 7 heteroatoms. The third kappa shape index (κ3) is 4.15. The number of nitrogens with zero attached hydrogens (tertiary/aromatic N) is 1. The topological polar surface area (TPSA) is 84.2 Å². The third-order valence-corrected chi connectivity index (χ3v) is 5.61. The van der Waals surface area contributed by atoms with E-state index < -0.39 is 5.54 Å². The van der Waals surface area contributed by atoms with E-state index in [2.05, 4.69) is 15.6 Å². The minimum atomic E-state index is -0.775. The quantitative estimate of drug-likeness (QED) is 0.812. The lowest BCUT2D eigenvalue weighted by atomic mass is 9.80. The predicted octanol–water partition coefficient (Wildman–Crippen LogP) is 3.21. The van der Waals surface area contributed by atoms with E-state index >= 15 is 0 Å². The number of thiazole rings is 1. The highest BCUT2D eigenvalue weighted by Gasteiger charge is 2.40. The van der Waals surface area contributed by atoms with Gasteiger partial charge in [-0.05, 0) is 38.8 Å². The Balaban J connectivity index is 1.67. The van der Waals surface area contributed by atoms with E-state index in [1.165, 1.54) is 11.3 Å². The maximum Gasteiger partial charge on any atom is 0.245 e. The molecule has 3 rings (SSSR count). The van der Waals surface area contributed by atoms with Gasteiger partial charge in [-0.25, -0.2) is 4.98 Å². The van der Waals surface area contributed by atoms with Gasteiger partial charge in [0.05, 0.1) is 12.1 Å². The first kappa shape index (κ1) is 18.6. The van der Waals surface area contributed by atoms with Gasteiger partial charge < -0.3 is 15.1 Å². The number of furan rings is 1. The zero-order valence-electron chi connectivity index (χ0n) is 15.3. The average molecular weight is 375 g/mol. The summed E-state index contributed by atoms with van der Waals surface area (Å²) in [6, 6.07) is 3.77. The second kappa shape index (κ2) is 8.03. The normalized spacial score (nSPS) is 16.2. The van der Waals surface area contributed by atoms with Crippen LogP contribution >= 0.6 is 11.3 Å². The van der Waals surface area contributed by atoms with Crippen molar-refractivity contribution in [3.63, 3.8) is 0 Å². The Kier molecular flexibility index (Phi) is 5.76. The van der Waals surface area contributed by atoms with Crippen LogP contribution in [0.2, 0.25) is 0 Å². The molecule has 140 valence electrons. The van der Waals surface area contributed by atoms with Gasteiger partial charge in [-0.3, -0.25) is 9.59 Å². The van der Waals surface area contributed by atoms with Crippen LogP contribution in [0, 0.1) is 6.92 Å². The molecular weight excluding hydrogens is 350 g/mol. The zero-order chi connectivity index (χ0) is 18.6. The van der Waals surface area contributed by atoms with Crippen molar-refractivity contribution in [1.82, 2.24) is 15.6 Å². The highest BCUT2D eigenvalue weighted by atomic mass is 32.1. The number of amides is 2. The Morgan fingerprint density at radius 2 is 2.04 bits per heavy atom. The van der Waals surface area contributed by atoms with Crippen molar-refractivity contribution in [3.8, 4) is 10.8 Å². The second-order valence-electron chi connectivity index (χ2n) is 6.78. The maximum absolute atomic E-state index is 12.6. The van der Waals surface area contributed by atoms with Gasteiger partial charge in [0.15, 0.2) is 10.8 Å². The molecule has 0 radical (unpaired) electrons. The van der Waals surface area contributed by atoms with Crippen LogP contribution in [0.5, 0.6) is 0 Å². The minimum Gasteiger partial charge on any atom is -0.459 e. The number of aryl methyl sites for hydroxylation is 1. The summed E-state index contributed by atoms with van der Waals surface area (Å²) in [6.07, 6.45) is 4.57. The van der Waals surface area contributed by atoms with E-state index in [0.29, 0.717) is 30.8 Å². The molecule has 1 saturated carbocycles. The molecule has 2 aromatic heterocycles. The van der Waals surface area contributed by atoms with E-state index in [4.69, 9.17) is 4.42 Å². The molecule has 2 amide bonds. The number of hydrogen-bond acceptors (Lipinski definition) is 5. The van der Waals surface area contributed by atoms with Gasteiger partial charge in [-0.1, -0.05) is 19.3 Å². The monoisotopic (exact) mass is 375 g/mol. The third-order valence-electron chi connectivity index (χ3n) is 4.70. The molecule has 0 spiro atoms. The number of carbonyl (C=O) groups is 2. The van der Waals surface area contributed by atoms with Crippen LogP contribution in [-0.4, -0.2) is 28.9 Å². The lowest BCUT2D eigenvalue weighted by Gasteiger charge is -2.36. The molecule has 0 saturated heterocycles. The largest absolute Gasteiger partial charge is 0.459 e. The van der Waals surface area contributed by atoms with E-state index in [9.17, 15) is 9.59 Å². The molecule has 2 N–H and O–H groups in total. The fourth-order valence-electron chi connectivity index (χ4n) is 3.42. The fraction of sp³-hybridized carbons (Fsp3) is 0.526. The van der Waals surface area contributed by atoms with Gasteiger partial charge in [0.25, 0.3) is 0 Å². The summed E-state index contributed by atoms with van der Waals surface area (Å²) in [6.45, 7) is 4.34. The van der Waals surface area contributed by atoms with Gasteiger partial charge in [0.1, 0.15) is 11.3 Å². The van der Waals surface area contributed by atoms with Gasteiger partial charge in [0, 0.05) is 11.9 Å². The molecule has 0 aliphatic heterocycles. The van der Waals surface area contributed by atoms with Crippen molar-refractivity contribution in [1.29, 1.82) is 0 Å². The first-order valence-corrected chi connectivity index (χ1v) is 10.0. The van der Waals surface area contributed by atoms with E-state index in [1.807, 2.05) is 31.4 Å². The predicted molar refractivity (Wildman–Crippen MR) is 101 cm³/mol. The molecule has 6 nitrogen and oxygen atoms in total. The van der Waals surface area contributed by atoms with E-state index in [1.54, 1.807) is 0 Å². The van der Waals surface area contributed by atoms with Crippen LogP contribution in [0.1, 0.15) is 50.5 Å². The Bertz CT molecular complexity index is 775. The molecule has 2 aromatic rings. The van der Waals surface area contributed by atoms with Crippen LogP contribution in [0.3, 0.4) is 0 Å². The molecule has 26 heavy (non-hydrogen) atoms. The SMILES string of the molecule is CCNC(=O)C1(NC(=O)Cc2csc(-c3ccc(C)o3)n2)CCCCC1. The Hall–Kier alpha value is -2.15. The lowest BCUT2D eigenvalue weighted by Crippen LogP contribution is -2.60. The summed E-state index contributed by atoms with van der Waals surface area (Å²) in [5.74, 6) is 1.31. The van der Waals surface area contributed by atoms with Crippen LogP contribution in [0.25, 0.3) is 10.8 Å². The number of nitrogens with one attached hydrogen (secondary N) is 2. The summed E-state index contributed by atoms with van der Waals surface area (Å²) < 4.78 is 5.58. The Morgan fingerprint density at radius 3 is 2.69 bits per heavy atom. The average Bonchev–Trinajstić information content (AvgIpc) is 3.24. The Morgan fingerprint density at radius 1 is 1.27 bits per heavy atom. The highest BCUT2D eigenvalue weighted by molar-refractivity contribution is 7.13. The number of carbonyl (C=O) groups excluding carboxylic acids is 2. The smallest absolute Gasteiger partial charge is 0.245 e. The molecule has 0 atom stereocenters. The number of rotatable bonds is 6. The second-order valence-corrected chi connectivity index (χ2v) is 7.64. The molecule has 0 aromatic carbocycles. The summed E-state index contributed by atoms with van der Waals surface area (Å²) in [4.78, 5) is 29.6. The molecule has 1 aliphatic carbocycles. The van der Waals surface area contributed by atoms with Gasteiger partial charge >= 0.3 is 0 Å². The highest BCUT2D eigenvalue weighted by Crippen LogP contribution is 2.29. The molecule has 0 unspecified atom stereocenters. The first-order chi connectivity index (χ1) is 12.5.